The van der Waals surface area contributed by atoms with Crippen molar-refractivity contribution in [2.75, 3.05) is 18.6 Å². The highest BCUT2D eigenvalue weighted by Gasteiger charge is 2.29. The third-order valence-corrected chi connectivity index (χ3v) is 6.22. The van der Waals surface area contributed by atoms with Crippen molar-refractivity contribution < 1.29 is 13.2 Å². The fourth-order valence-electron chi connectivity index (χ4n) is 2.84. The fourth-order valence-corrected chi connectivity index (χ4v) is 5.13. The van der Waals surface area contributed by atoms with E-state index in [1.807, 2.05) is 18.2 Å². The van der Waals surface area contributed by atoms with Gasteiger partial charge >= 0.3 is 0 Å². The number of sulfone groups is 1. The molecule has 118 valence electrons. The van der Waals surface area contributed by atoms with Crippen LogP contribution in [0.5, 0.6) is 5.75 Å². The number of hydrazine groups is 1. The quantitative estimate of drug-likeness (QED) is 0.582. The zero-order valence-corrected chi connectivity index (χ0v) is 14.4. The molecule has 2 rings (SSSR count). The molecule has 21 heavy (non-hydrogen) atoms. The summed E-state index contributed by atoms with van der Waals surface area (Å²) in [7, 11) is -1.20. The Kier molecular flexibility index (Phi) is 5.65. The van der Waals surface area contributed by atoms with Crippen LogP contribution in [0.1, 0.15) is 18.4 Å². The van der Waals surface area contributed by atoms with E-state index in [1.165, 1.54) is 0 Å². The molecule has 5 nitrogen and oxygen atoms in total. The van der Waals surface area contributed by atoms with E-state index in [-0.39, 0.29) is 17.7 Å². The van der Waals surface area contributed by atoms with Crippen LogP contribution >= 0.6 is 15.9 Å². The summed E-state index contributed by atoms with van der Waals surface area (Å²) in [6, 6.07) is 5.88. The number of methoxy groups -OCH3 is 1. The van der Waals surface area contributed by atoms with Gasteiger partial charge in [-0.3, -0.25) is 11.3 Å². The minimum absolute atomic E-state index is 0.0338. The third kappa shape index (κ3) is 4.67. The Labute approximate surface area is 134 Å². The summed E-state index contributed by atoms with van der Waals surface area (Å²) < 4.78 is 29.4. The number of benzene rings is 1. The lowest BCUT2D eigenvalue weighted by Crippen LogP contribution is -2.38. The van der Waals surface area contributed by atoms with E-state index < -0.39 is 9.84 Å². The fraction of sp³-hybridized carbons (Fsp3) is 0.571. The molecule has 0 bridgehead atoms. The second-order valence-corrected chi connectivity index (χ2v) is 8.67. The summed E-state index contributed by atoms with van der Waals surface area (Å²) in [5, 5.41) is 0. The molecule has 0 aromatic heterocycles. The van der Waals surface area contributed by atoms with Crippen molar-refractivity contribution in [3.63, 3.8) is 0 Å². The normalized spacial score (nSPS) is 22.1. The molecule has 1 saturated heterocycles. The molecule has 2 unspecified atom stereocenters. The van der Waals surface area contributed by atoms with Crippen molar-refractivity contribution in [2.24, 2.45) is 11.8 Å². The van der Waals surface area contributed by atoms with Gasteiger partial charge in [0.1, 0.15) is 5.75 Å². The SMILES string of the molecule is COc1ccc(Br)cc1CC(CC1CCS(=O)(=O)C1)NN. The van der Waals surface area contributed by atoms with Gasteiger partial charge in [-0.15, -0.1) is 0 Å². The van der Waals surface area contributed by atoms with Gasteiger partial charge in [-0.2, -0.15) is 0 Å². The number of nitrogens with one attached hydrogen (secondary N) is 1. The molecule has 3 N–H and O–H groups in total. The average Bonchev–Trinajstić information content (AvgIpc) is 2.77. The summed E-state index contributed by atoms with van der Waals surface area (Å²) >= 11 is 3.45. The lowest BCUT2D eigenvalue weighted by atomic mass is 9.94. The van der Waals surface area contributed by atoms with E-state index in [4.69, 9.17) is 10.6 Å². The number of rotatable bonds is 6. The molecule has 2 atom stereocenters. The minimum Gasteiger partial charge on any atom is -0.496 e. The van der Waals surface area contributed by atoms with Gasteiger partial charge in [-0.1, -0.05) is 15.9 Å². The van der Waals surface area contributed by atoms with Crippen LogP contribution in [-0.2, 0) is 16.3 Å². The Morgan fingerprint density at radius 2 is 2.29 bits per heavy atom. The molecule has 1 aromatic rings. The number of nitrogens with two attached hydrogens (primary N) is 1. The van der Waals surface area contributed by atoms with Gasteiger partial charge < -0.3 is 4.74 Å². The van der Waals surface area contributed by atoms with Gasteiger partial charge in [-0.25, -0.2) is 8.42 Å². The molecule has 1 aliphatic heterocycles. The Morgan fingerprint density at radius 3 is 2.86 bits per heavy atom. The van der Waals surface area contributed by atoms with E-state index >= 15 is 0 Å². The molecular formula is C14H21BrN2O3S. The largest absolute Gasteiger partial charge is 0.496 e. The van der Waals surface area contributed by atoms with Crippen LogP contribution in [0.4, 0.5) is 0 Å². The van der Waals surface area contributed by atoms with Crippen molar-refractivity contribution in [1.82, 2.24) is 5.43 Å². The monoisotopic (exact) mass is 376 g/mol. The summed E-state index contributed by atoms with van der Waals surface area (Å²) in [6.07, 6.45) is 2.19. The predicted molar refractivity (Wildman–Crippen MR) is 86.9 cm³/mol. The molecule has 7 heteroatoms. The third-order valence-electron chi connectivity index (χ3n) is 3.89. The van der Waals surface area contributed by atoms with E-state index in [0.717, 1.165) is 28.6 Å². The van der Waals surface area contributed by atoms with Crippen LogP contribution in [0, 0.1) is 5.92 Å². The maximum Gasteiger partial charge on any atom is 0.150 e. The van der Waals surface area contributed by atoms with Crippen LogP contribution in [0.15, 0.2) is 22.7 Å². The standard InChI is InChI=1S/C14H21BrN2O3S/c1-20-14-3-2-12(15)7-11(14)8-13(17-16)6-10-4-5-21(18,19)9-10/h2-3,7,10,13,17H,4-6,8-9,16H2,1H3. The van der Waals surface area contributed by atoms with Crippen LogP contribution in [0.25, 0.3) is 0 Å². The second kappa shape index (κ2) is 7.09. The lowest BCUT2D eigenvalue weighted by Gasteiger charge is -2.20. The first-order chi connectivity index (χ1) is 9.93. The molecule has 1 aromatic carbocycles. The average molecular weight is 377 g/mol. The zero-order chi connectivity index (χ0) is 15.5. The van der Waals surface area contributed by atoms with E-state index in [1.54, 1.807) is 7.11 Å². The molecule has 1 fully saturated rings. The second-order valence-electron chi connectivity index (χ2n) is 5.53. The number of hydrogen-bond acceptors (Lipinski definition) is 5. The van der Waals surface area contributed by atoms with Gasteiger partial charge in [0.05, 0.1) is 18.6 Å². The molecule has 1 heterocycles. The zero-order valence-electron chi connectivity index (χ0n) is 12.0. The first kappa shape index (κ1) is 16.7. The highest BCUT2D eigenvalue weighted by molar-refractivity contribution is 9.10. The van der Waals surface area contributed by atoms with Crippen molar-refractivity contribution in [2.45, 2.75) is 25.3 Å². The lowest BCUT2D eigenvalue weighted by molar-refractivity contribution is 0.387. The van der Waals surface area contributed by atoms with Crippen LogP contribution < -0.4 is 16.0 Å². The predicted octanol–water partition coefficient (Wildman–Crippen LogP) is 1.66. The summed E-state index contributed by atoms with van der Waals surface area (Å²) in [5.41, 5.74) is 3.86. The number of ether oxygens (including phenoxy) is 1. The van der Waals surface area contributed by atoms with Crippen LogP contribution in [-0.4, -0.2) is 33.1 Å². The van der Waals surface area contributed by atoms with Gasteiger partial charge in [0.15, 0.2) is 9.84 Å². The highest BCUT2D eigenvalue weighted by atomic mass is 79.9. The summed E-state index contributed by atoms with van der Waals surface area (Å²) in [4.78, 5) is 0. The van der Waals surface area contributed by atoms with Crippen molar-refractivity contribution in [3.05, 3.63) is 28.2 Å². The number of hydrogen-bond donors (Lipinski definition) is 2. The maximum absolute atomic E-state index is 11.5. The Balaban J connectivity index is 2.04. The molecule has 0 radical (unpaired) electrons. The summed E-state index contributed by atoms with van der Waals surface area (Å²) in [5.74, 6) is 7.23. The molecular weight excluding hydrogens is 356 g/mol. The first-order valence-electron chi connectivity index (χ1n) is 6.92. The Bertz CT molecular complexity index is 592. The highest BCUT2D eigenvalue weighted by Crippen LogP contribution is 2.27. The Hall–Kier alpha value is -0.630. The van der Waals surface area contributed by atoms with Crippen molar-refractivity contribution in [1.29, 1.82) is 0 Å². The maximum atomic E-state index is 11.5. The van der Waals surface area contributed by atoms with Crippen molar-refractivity contribution in [3.8, 4) is 5.75 Å². The van der Waals surface area contributed by atoms with E-state index in [9.17, 15) is 8.42 Å². The van der Waals surface area contributed by atoms with E-state index in [0.29, 0.717) is 12.2 Å². The van der Waals surface area contributed by atoms with Gasteiger partial charge in [-0.05, 0) is 48.9 Å². The summed E-state index contributed by atoms with van der Waals surface area (Å²) in [6.45, 7) is 0. The molecule has 1 aliphatic rings. The van der Waals surface area contributed by atoms with E-state index in [2.05, 4.69) is 21.4 Å². The smallest absolute Gasteiger partial charge is 0.150 e. The van der Waals surface area contributed by atoms with Crippen LogP contribution in [0.3, 0.4) is 0 Å². The topological polar surface area (TPSA) is 81.4 Å². The Morgan fingerprint density at radius 1 is 1.52 bits per heavy atom. The van der Waals surface area contributed by atoms with Crippen LogP contribution in [0.2, 0.25) is 0 Å². The van der Waals surface area contributed by atoms with Gasteiger partial charge in [0, 0.05) is 10.5 Å². The number of halogens is 1. The van der Waals surface area contributed by atoms with Gasteiger partial charge in [0.25, 0.3) is 0 Å². The molecule has 0 saturated carbocycles. The molecule has 0 aliphatic carbocycles. The molecule has 0 spiro atoms. The minimum atomic E-state index is -2.84. The molecule has 0 amide bonds. The van der Waals surface area contributed by atoms with Gasteiger partial charge in [0.2, 0.25) is 0 Å². The van der Waals surface area contributed by atoms with Crippen molar-refractivity contribution >= 4 is 25.8 Å². The first-order valence-corrected chi connectivity index (χ1v) is 9.54.